The number of aromatic nitrogens is 2. The van der Waals surface area contributed by atoms with E-state index in [-0.39, 0.29) is 5.92 Å². The lowest BCUT2D eigenvalue weighted by Crippen LogP contribution is -2.12. The maximum atomic E-state index is 11.2. The molecule has 3 N–H and O–H groups in total. The number of carbonyl (C=O) groups is 1. The minimum Gasteiger partial charge on any atom is -0.482 e. The topological polar surface area (TPSA) is 78.1 Å². The number of hydrogen-bond donors (Lipinski definition) is 3. The molecule has 2 aromatic heterocycles. The second-order valence-electron chi connectivity index (χ2n) is 7.38. The summed E-state index contributed by atoms with van der Waals surface area (Å²) in [5.74, 6) is -0.635. The lowest BCUT2D eigenvalue weighted by atomic mass is 9.84. The molecule has 2 heterocycles. The van der Waals surface area contributed by atoms with Crippen LogP contribution in [0.2, 0.25) is 0 Å². The highest BCUT2D eigenvalue weighted by atomic mass is 79.9. The van der Waals surface area contributed by atoms with Crippen molar-refractivity contribution in [1.29, 1.82) is 0 Å². The second-order valence-corrected chi connectivity index (χ2v) is 8.29. The zero-order valence-corrected chi connectivity index (χ0v) is 18.0. The lowest BCUT2D eigenvalue weighted by Gasteiger charge is -2.21. The van der Waals surface area contributed by atoms with Gasteiger partial charge in [-0.25, -0.2) is 4.79 Å². The first-order valence-electron chi connectivity index (χ1n) is 9.88. The fourth-order valence-corrected chi connectivity index (χ4v) is 4.56. The quantitative estimate of drug-likeness (QED) is 0.280. The number of carboxylic acid groups (broad SMARTS) is 1. The summed E-state index contributed by atoms with van der Waals surface area (Å²) in [5, 5.41) is 11.4. The van der Waals surface area contributed by atoms with Crippen molar-refractivity contribution in [1.82, 2.24) is 9.97 Å². The molecule has 0 amide bonds. The van der Waals surface area contributed by atoms with Crippen molar-refractivity contribution in [2.75, 3.05) is 6.61 Å². The molecule has 154 valence electrons. The van der Waals surface area contributed by atoms with Crippen LogP contribution in [0.1, 0.15) is 22.6 Å². The maximum absolute atomic E-state index is 11.2. The first kappa shape index (κ1) is 19.5. The van der Waals surface area contributed by atoms with Gasteiger partial charge in [-0.15, -0.1) is 0 Å². The van der Waals surface area contributed by atoms with Crippen molar-refractivity contribution in [3.8, 4) is 5.75 Å². The summed E-state index contributed by atoms with van der Waals surface area (Å²) in [6.45, 7) is -0.400. The van der Waals surface area contributed by atoms with Gasteiger partial charge in [-0.05, 0) is 41.5 Å². The van der Waals surface area contributed by atoms with Gasteiger partial charge in [-0.2, -0.15) is 0 Å². The number of rotatable bonds is 6. The molecule has 0 saturated heterocycles. The number of aromatic amines is 2. The van der Waals surface area contributed by atoms with Gasteiger partial charge < -0.3 is 19.8 Å². The third kappa shape index (κ3) is 3.59. The van der Waals surface area contributed by atoms with E-state index in [0.29, 0.717) is 5.75 Å². The first-order chi connectivity index (χ1) is 15.1. The fraction of sp³-hybridized carbons (Fsp3) is 0.0800. The average molecular weight is 475 g/mol. The van der Waals surface area contributed by atoms with Gasteiger partial charge >= 0.3 is 5.97 Å². The summed E-state index contributed by atoms with van der Waals surface area (Å²) in [6.07, 6.45) is 4.05. The van der Waals surface area contributed by atoms with Gasteiger partial charge in [0, 0.05) is 50.2 Å². The molecule has 0 aliphatic heterocycles. The Bertz CT molecular complexity index is 1330. The van der Waals surface area contributed by atoms with Crippen LogP contribution < -0.4 is 4.74 Å². The Labute approximate surface area is 186 Å². The van der Waals surface area contributed by atoms with Gasteiger partial charge in [-0.1, -0.05) is 52.3 Å². The van der Waals surface area contributed by atoms with E-state index >= 15 is 0 Å². The lowest BCUT2D eigenvalue weighted by molar-refractivity contribution is -0.139. The monoisotopic (exact) mass is 474 g/mol. The van der Waals surface area contributed by atoms with Gasteiger partial charge in [0.05, 0.1) is 0 Å². The number of benzene rings is 3. The number of hydrogen-bond acceptors (Lipinski definition) is 2. The van der Waals surface area contributed by atoms with E-state index in [9.17, 15) is 4.79 Å². The molecule has 3 aromatic carbocycles. The van der Waals surface area contributed by atoms with E-state index < -0.39 is 12.6 Å². The average Bonchev–Trinajstić information content (AvgIpc) is 3.39. The van der Waals surface area contributed by atoms with Crippen LogP contribution in [0.4, 0.5) is 0 Å². The normalized spacial score (nSPS) is 11.4. The Hall–Kier alpha value is -3.51. The molecule has 0 radical (unpaired) electrons. The molecule has 0 aliphatic carbocycles. The Balaban J connectivity index is 1.78. The van der Waals surface area contributed by atoms with Crippen molar-refractivity contribution in [3.05, 3.63) is 100 Å². The van der Waals surface area contributed by atoms with Crippen LogP contribution in [0.25, 0.3) is 21.8 Å². The number of ether oxygens (including phenoxy) is 1. The summed E-state index contributed by atoms with van der Waals surface area (Å²) >= 11 is 3.58. The van der Waals surface area contributed by atoms with Crippen molar-refractivity contribution in [2.45, 2.75) is 5.92 Å². The van der Waals surface area contributed by atoms with Gasteiger partial charge in [0.2, 0.25) is 0 Å². The van der Waals surface area contributed by atoms with E-state index in [0.717, 1.165) is 43.0 Å². The Morgan fingerprint density at radius 1 is 0.871 bits per heavy atom. The van der Waals surface area contributed by atoms with Crippen molar-refractivity contribution in [3.63, 3.8) is 0 Å². The molecule has 5 nitrogen and oxygen atoms in total. The zero-order chi connectivity index (χ0) is 21.4. The standard InChI is InChI=1S/C25H19BrN2O3/c26-15-9-10-23(31-14-24(29)30)18(11-15)25(19-12-27-21-7-3-1-5-16(19)21)20-13-28-22-8-4-2-6-17(20)22/h1-13,25,27-28H,14H2,(H,29,30). The van der Waals surface area contributed by atoms with Crippen LogP contribution in [0.3, 0.4) is 0 Å². The number of carboxylic acids is 1. The summed E-state index contributed by atoms with van der Waals surface area (Å²) in [5.41, 5.74) is 5.18. The number of nitrogens with one attached hydrogen (secondary N) is 2. The molecule has 6 heteroatoms. The van der Waals surface area contributed by atoms with Crippen LogP contribution >= 0.6 is 15.9 Å². The predicted molar refractivity (Wildman–Crippen MR) is 125 cm³/mol. The minimum atomic E-state index is -1.01. The highest BCUT2D eigenvalue weighted by molar-refractivity contribution is 9.10. The molecule has 0 fully saturated rings. The molecule has 0 saturated carbocycles. The largest absolute Gasteiger partial charge is 0.482 e. The van der Waals surface area contributed by atoms with Crippen LogP contribution in [-0.2, 0) is 4.79 Å². The summed E-state index contributed by atoms with van der Waals surface area (Å²) in [4.78, 5) is 17.9. The third-order valence-electron chi connectivity index (χ3n) is 5.50. The molecule has 31 heavy (non-hydrogen) atoms. The van der Waals surface area contributed by atoms with E-state index in [1.807, 2.05) is 67.0 Å². The highest BCUT2D eigenvalue weighted by Crippen LogP contribution is 2.43. The van der Waals surface area contributed by atoms with Gasteiger partial charge in [-0.3, -0.25) is 0 Å². The molecule has 0 unspecified atom stereocenters. The number of fused-ring (bicyclic) bond motifs is 2. The number of H-pyrrole nitrogens is 2. The van der Waals surface area contributed by atoms with Crippen molar-refractivity contribution < 1.29 is 14.6 Å². The van der Waals surface area contributed by atoms with E-state index in [1.165, 1.54) is 0 Å². The molecular weight excluding hydrogens is 456 g/mol. The van der Waals surface area contributed by atoms with Crippen LogP contribution in [0, 0.1) is 0 Å². The molecule has 5 aromatic rings. The number of halogens is 1. The number of para-hydroxylation sites is 2. The van der Waals surface area contributed by atoms with Crippen molar-refractivity contribution in [2.24, 2.45) is 0 Å². The van der Waals surface area contributed by atoms with Crippen LogP contribution in [-0.4, -0.2) is 27.7 Å². The summed E-state index contributed by atoms with van der Waals surface area (Å²) in [7, 11) is 0. The highest BCUT2D eigenvalue weighted by Gasteiger charge is 2.26. The molecular formula is C25H19BrN2O3. The Morgan fingerprint density at radius 2 is 1.45 bits per heavy atom. The summed E-state index contributed by atoms with van der Waals surface area (Å²) < 4.78 is 6.61. The van der Waals surface area contributed by atoms with E-state index in [1.54, 1.807) is 0 Å². The minimum absolute atomic E-state index is 0.173. The molecule has 0 aliphatic rings. The van der Waals surface area contributed by atoms with Crippen LogP contribution in [0.15, 0.2) is 83.6 Å². The smallest absolute Gasteiger partial charge is 0.341 e. The maximum Gasteiger partial charge on any atom is 0.341 e. The third-order valence-corrected chi connectivity index (χ3v) is 5.99. The van der Waals surface area contributed by atoms with E-state index in [4.69, 9.17) is 9.84 Å². The molecule has 0 bridgehead atoms. The Kier molecular flexibility index (Phi) is 5.00. The van der Waals surface area contributed by atoms with Crippen LogP contribution in [0.5, 0.6) is 5.75 Å². The zero-order valence-electron chi connectivity index (χ0n) is 16.4. The van der Waals surface area contributed by atoms with Crippen molar-refractivity contribution >= 4 is 43.7 Å². The van der Waals surface area contributed by atoms with Gasteiger partial charge in [0.15, 0.2) is 6.61 Å². The number of aliphatic carboxylic acids is 1. The van der Waals surface area contributed by atoms with Gasteiger partial charge in [0.25, 0.3) is 0 Å². The van der Waals surface area contributed by atoms with Gasteiger partial charge in [0.1, 0.15) is 5.75 Å². The predicted octanol–water partition coefficient (Wildman–Crippen LogP) is 6.06. The SMILES string of the molecule is O=C(O)COc1ccc(Br)cc1C(c1c[nH]c2ccccc12)c1c[nH]c2ccccc12. The molecule has 0 spiro atoms. The Morgan fingerprint density at radius 3 is 2.03 bits per heavy atom. The fourth-order valence-electron chi connectivity index (χ4n) is 4.18. The molecule has 5 rings (SSSR count). The first-order valence-corrected chi connectivity index (χ1v) is 10.7. The summed E-state index contributed by atoms with van der Waals surface area (Å²) in [6, 6.07) is 22.0. The molecule has 0 atom stereocenters. The second kappa shape index (κ2) is 7.96. The van der Waals surface area contributed by atoms with E-state index in [2.05, 4.69) is 38.0 Å².